The first kappa shape index (κ1) is 17.3. The van der Waals surface area contributed by atoms with Crippen LogP contribution in [-0.4, -0.2) is 28.5 Å². The molecule has 1 aliphatic rings. The molecule has 0 saturated carbocycles. The summed E-state index contributed by atoms with van der Waals surface area (Å²) >= 11 is 0. The van der Waals surface area contributed by atoms with Gasteiger partial charge in [-0.2, -0.15) is 0 Å². The number of anilines is 1. The average Bonchev–Trinajstić information content (AvgIpc) is 3.23. The van der Waals surface area contributed by atoms with Crippen molar-refractivity contribution in [1.29, 1.82) is 0 Å². The molecule has 27 heavy (non-hydrogen) atoms. The Morgan fingerprint density at radius 2 is 2.00 bits per heavy atom. The number of para-hydroxylation sites is 2. The van der Waals surface area contributed by atoms with Gasteiger partial charge in [-0.15, -0.1) is 0 Å². The quantitative estimate of drug-likeness (QED) is 0.764. The van der Waals surface area contributed by atoms with Gasteiger partial charge in [0.2, 0.25) is 5.91 Å². The normalized spacial score (nSPS) is 15.2. The summed E-state index contributed by atoms with van der Waals surface area (Å²) < 4.78 is 6.88. The summed E-state index contributed by atoms with van der Waals surface area (Å²) in [6, 6.07) is 11.3. The minimum absolute atomic E-state index is 0.0328. The lowest BCUT2D eigenvalue weighted by atomic mass is 9.96. The first-order chi connectivity index (χ1) is 13.1. The number of amides is 1. The van der Waals surface area contributed by atoms with E-state index in [-0.39, 0.29) is 17.4 Å². The summed E-state index contributed by atoms with van der Waals surface area (Å²) in [5, 5.41) is 2.92. The molecule has 3 heterocycles. The van der Waals surface area contributed by atoms with E-state index in [1.54, 1.807) is 23.9 Å². The lowest BCUT2D eigenvalue weighted by molar-refractivity contribution is -0.125. The van der Waals surface area contributed by atoms with E-state index in [1.165, 1.54) is 0 Å². The number of carbonyl (C=O) groups excluding carboxylic acids is 1. The highest BCUT2D eigenvalue weighted by Gasteiger charge is 2.27. The summed E-state index contributed by atoms with van der Waals surface area (Å²) in [7, 11) is 1.77. The number of hydrogen-bond acceptors (Lipinski definition) is 5. The minimum Gasteiger partial charge on any atom is -0.467 e. The van der Waals surface area contributed by atoms with Crippen molar-refractivity contribution in [2.45, 2.75) is 19.4 Å². The van der Waals surface area contributed by atoms with Gasteiger partial charge in [0.25, 0.3) is 5.56 Å². The molecular formula is C20H22N4O3. The van der Waals surface area contributed by atoms with Gasteiger partial charge in [-0.25, -0.2) is 4.98 Å². The van der Waals surface area contributed by atoms with Crippen molar-refractivity contribution >= 4 is 22.8 Å². The van der Waals surface area contributed by atoms with Gasteiger partial charge in [-0.05, 0) is 37.1 Å². The Balaban J connectivity index is 1.43. The lowest BCUT2D eigenvalue weighted by Crippen LogP contribution is -2.43. The maximum Gasteiger partial charge on any atom is 0.293 e. The Morgan fingerprint density at radius 3 is 2.74 bits per heavy atom. The second kappa shape index (κ2) is 7.26. The van der Waals surface area contributed by atoms with Crippen LogP contribution in [0.25, 0.3) is 11.0 Å². The van der Waals surface area contributed by atoms with Gasteiger partial charge in [0.05, 0.1) is 23.8 Å². The van der Waals surface area contributed by atoms with Crippen molar-refractivity contribution in [2.24, 2.45) is 13.0 Å². The second-order valence-electron chi connectivity index (χ2n) is 6.85. The summed E-state index contributed by atoms with van der Waals surface area (Å²) in [5.41, 5.74) is 1.51. The van der Waals surface area contributed by atoms with Crippen molar-refractivity contribution in [3.05, 3.63) is 58.8 Å². The number of hydrogen-bond donors (Lipinski definition) is 1. The number of nitrogens with one attached hydrogen (secondary N) is 1. The molecule has 1 amide bonds. The van der Waals surface area contributed by atoms with Gasteiger partial charge < -0.3 is 19.2 Å². The Morgan fingerprint density at radius 1 is 1.22 bits per heavy atom. The van der Waals surface area contributed by atoms with Crippen LogP contribution in [0.5, 0.6) is 0 Å². The number of carbonyl (C=O) groups is 1. The smallest absolute Gasteiger partial charge is 0.293 e. The number of benzene rings is 1. The SMILES string of the molecule is Cn1c(=O)c(N2CCC(C(=O)NCc3ccco3)CC2)nc2ccccc21. The molecule has 140 valence electrons. The average molecular weight is 366 g/mol. The van der Waals surface area contributed by atoms with Crippen LogP contribution in [0.2, 0.25) is 0 Å². The molecule has 2 aromatic heterocycles. The topological polar surface area (TPSA) is 80.4 Å². The molecule has 1 N–H and O–H groups in total. The first-order valence-corrected chi connectivity index (χ1v) is 9.14. The van der Waals surface area contributed by atoms with Gasteiger partial charge in [-0.3, -0.25) is 9.59 Å². The van der Waals surface area contributed by atoms with Crippen LogP contribution in [0.1, 0.15) is 18.6 Å². The molecule has 1 saturated heterocycles. The molecule has 7 nitrogen and oxygen atoms in total. The van der Waals surface area contributed by atoms with Crippen LogP contribution < -0.4 is 15.8 Å². The van der Waals surface area contributed by atoms with E-state index in [0.717, 1.165) is 16.8 Å². The number of piperidine rings is 1. The molecule has 1 aliphatic heterocycles. The van der Waals surface area contributed by atoms with Gasteiger partial charge >= 0.3 is 0 Å². The molecular weight excluding hydrogens is 344 g/mol. The first-order valence-electron chi connectivity index (χ1n) is 9.14. The second-order valence-corrected chi connectivity index (χ2v) is 6.85. The monoisotopic (exact) mass is 366 g/mol. The van der Waals surface area contributed by atoms with Crippen LogP contribution in [0, 0.1) is 5.92 Å². The zero-order valence-electron chi connectivity index (χ0n) is 15.2. The van der Waals surface area contributed by atoms with E-state index in [4.69, 9.17) is 4.42 Å². The third-order valence-electron chi connectivity index (χ3n) is 5.15. The van der Waals surface area contributed by atoms with Crippen molar-refractivity contribution in [3.63, 3.8) is 0 Å². The van der Waals surface area contributed by atoms with Gasteiger partial charge in [-0.1, -0.05) is 12.1 Å². The van der Waals surface area contributed by atoms with Crippen molar-refractivity contribution in [2.75, 3.05) is 18.0 Å². The van der Waals surface area contributed by atoms with E-state index < -0.39 is 0 Å². The number of fused-ring (bicyclic) bond motifs is 1. The fourth-order valence-corrected chi connectivity index (χ4v) is 3.55. The van der Waals surface area contributed by atoms with E-state index in [1.807, 2.05) is 35.2 Å². The fourth-order valence-electron chi connectivity index (χ4n) is 3.55. The molecule has 7 heteroatoms. The maximum absolute atomic E-state index is 12.7. The zero-order valence-corrected chi connectivity index (χ0v) is 15.2. The van der Waals surface area contributed by atoms with Crippen LogP contribution in [-0.2, 0) is 18.4 Å². The highest BCUT2D eigenvalue weighted by molar-refractivity contribution is 5.79. The minimum atomic E-state index is -0.102. The molecule has 0 unspecified atom stereocenters. The highest BCUT2D eigenvalue weighted by Crippen LogP contribution is 2.22. The molecule has 0 radical (unpaired) electrons. The molecule has 3 aromatic rings. The Kier molecular flexibility index (Phi) is 4.66. The Hall–Kier alpha value is -3.09. The van der Waals surface area contributed by atoms with Crippen LogP contribution in [0.4, 0.5) is 5.82 Å². The zero-order chi connectivity index (χ0) is 18.8. The van der Waals surface area contributed by atoms with Crippen LogP contribution in [0.3, 0.4) is 0 Å². The van der Waals surface area contributed by atoms with E-state index >= 15 is 0 Å². The van der Waals surface area contributed by atoms with Crippen molar-refractivity contribution < 1.29 is 9.21 Å². The summed E-state index contributed by atoms with van der Waals surface area (Å²) in [5.74, 6) is 1.18. The third-order valence-corrected chi connectivity index (χ3v) is 5.15. The molecule has 0 bridgehead atoms. The number of nitrogens with zero attached hydrogens (tertiary/aromatic N) is 3. The largest absolute Gasteiger partial charge is 0.467 e. The number of rotatable bonds is 4. The predicted octanol–water partition coefficient (Wildman–Crippen LogP) is 2.06. The summed E-state index contributed by atoms with van der Waals surface area (Å²) in [6.45, 7) is 1.68. The third kappa shape index (κ3) is 3.45. The van der Waals surface area contributed by atoms with Crippen molar-refractivity contribution in [1.82, 2.24) is 14.9 Å². The number of aryl methyl sites for hydroxylation is 1. The van der Waals surface area contributed by atoms with Gasteiger partial charge in [0, 0.05) is 26.1 Å². The molecule has 4 rings (SSSR count). The molecule has 0 atom stereocenters. The fraction of sp³-hybridized carbons (Fsp3) is 0.350. The van der Waals surface area contributed by atoms with Crippen LogP contribution >= 0.6 is 0 Å². The predicted molar refractivity (Wildman–Crippen MR) is 102 cm³/mol. The van der Waals surface area contributed by atoms with Crippen molar-refractivity contribution in [3.8, 4) is 0 Å². The van der Waals surface area contributed by atoms with Gasteiger partial charge in [0.1, 0.15) is 5.76 Å². The highest BCUT2D eigenvalue weighted by atomic mass is 16.3. The number of furan rings is 1. The summed E-state index contributed by atoms with van der Waals surface area (Å²) in [4.78, 5) is 31.6. The van der Waals surface area contributed by atoms with Gasteiger partial charge in [0.15, 0.2) is 5.82 Å². The lowest BCUT2D eigenvalue weighted by Gasteiger charge is -2.31. The Bertz CT molecular complexity index is 1000. The standard InChI is InChI=1S/C20H22N4O3/c1-23-17-7-3-2-6-16(17)22-18(20(23)26)24-10-8-14(9-11-24)19(25)21-13-15-5-4-12-27-15/h2-7,12,14H,8-11,13H2,1H3,(H,21,25). The Labute approximate surface area is 156 Å². The molecule has 1 fully saturated rings. The molecule has 1 aromatic carbocycles. The van der Waals surface area contributed by atoms with E-state index in [9.17, 15) is 9.59 Å². The van der Waals surface area contributed by atoms with Crippen LogP contribution in [0.15, 0.2) is 51.9 Å². The number of aromatic nitrogens is 2. The molecule has 0 aliphatic carbocycles. The van der Waals surface area contributed by atoms with E-state index in [2.05, 4.69) is 10.3 Å². The summed E-state index contributed by atoms with van der Waals surface area (Å²) in [6.07, 6.45) is 2.99. The molecule has 0 spiro atoms. The van der Waals surface area contributed by atoms with E-state index in [0.29, 0.717) is 38.3 Å². The maximum atomic E-state index is 12.7.